The van der Waals surface area contributed by atoms with Gasteiger partial charge in [-0.15, -0.1) is 11.6 Å². The Morgan fingerprint density at radius 2 is 1.88 bits per heavy atom. The lowest BCUT2D eigenvalue weighted by atomic mass is 9.97. The number of nitrogens with one attached hydrogen (secondary N) is 1. The van der Waals surface area contributed by atoms with E-state index in [0.29, 0.717) is 6.07 Å². The molecule has 1 atom stereocenters. The summed E-state index contributed by atoms with van der Waals surface area (Å²) in [5, 5.41) is 24.9. The largest absolute Gasteiger partial charge is 0.377 e. The standard InChI is InChI=1S/C12H15ClN4O8S/c1-26(23,24)25-3-2-15-9-4-7(8(6-13)12(14)18)10(16(19)20)5-11(9)17(21)22/h4-5,8,15H,2-3,6H2,1H3,(H2,14,18). The fraction of sp³-hybridized carbons (Fsp3) is 0.417. The van der Waals surface area contributed by atoms with Gasteiger partial charge in [-0.3, -0.25) is 29.2 Å². The number of alkyl halides is 1. The number of anilines is 1. The summed E-state index contributed by atoms with van der Waals surface area (Å²) in [7, 11) is -3.70. The van der Waals surface area contributed by atoms with Crippen LogP contribution in [0.1, 0.15) is 11.5 Å². The van der Waals surface area contributed by atoms with Gasteiger partial charge in [0.15, 0.2) is 0 Å². The van der Waals surface area contributed by atoms with Crippen LogP contribution in [-0.4, -0.2) is 49.5 Å². The topological polar surface area (TPSA) is 185 Å². The zero-order valence-corrected chi connectivity index (χ0v) is 14.9. The van der Waals surface area contributed by atoms with Crippen LogP contribution in [0, 0.1) is 20.2 Å². The summed E-state index contributed by atoms with van der Waals surface area (Å²) >= 11 is 5.64. The molecule has 0 aliphatic rings. The molecule has 0 radical (unpaired) electrons. The first-order chi connectivity index (χ1) is 12.0. The Labute approximate surface area is 152 Å². The van der Waals surface area contributed by atoms with Crippen molar-refractivity contribution in [3.63, 3.8) is 0 Å². The van der Waals surface area contributed by atoms with Crippen LogP contribution in [-0.2, 0) is 19.1 Å². The average Bonchev–Trinajstić information content (AvgIpc) is 2.50. The van der Waals surface area contributed by atoms with E-state index in [9.17, 15) is 33.4 Å². The van der Waals surface area contributed by atoms with Gasteiger partial charge in [-0.2, -0.15) is 8.42 Å². The summed E-state index contributed by atoms with van der Waals surface area (Å²) in [5.74, 6) is -2.56. The minimum Gasteiger partial charge on any atom is -0.377 e. The summed E-state index contributed by atoms with van der Waals surface area (Å²) in [6.07, 6.45) is 0.831. The Balaban J connectivity index is 3.32. The van der Waals surface area contributed by atoms with E-state index in [1.54, 1.807) is 0 Å². The van der Waals surface area contributed by atoms with Crippen LogP contribution in [0.3, 0.4) is 0 Å². The van der Waals surface area contributed by atoms with Gasteiger partial charge in [-0.25, -0.2) is 0 Å². The highest BCUT2D eigenvalue weighted by Crippen LogP contribution is 2.36. The SMILES string of the molecule is CS(=O)(=O)OCCNc1cc(C(CCl)C(N)=O)c([N+](=O)[O-])cc1[N+](=O)[O-]. The minimum absolute atomic E-state index is 0.159. The van der Waals surface area contributed by atoms with Gasteiger partial charge in [0.1, 0.15) is 5.69 Å². The summed E-state index contributed by atoms with van der Waals surface area (Å²) in [6, 6.07) is 1.70. The first-order valence-electron chi connectivity index (χ1n) is 6.88. The molecule has 1 aromatic carbocycles. The number of nitro groups is 2. The third kappa shape index (κ3) is 5.79. The Hall–Kier alpha value is -2.51. The number of carbonyl (C=O) groups excluding carboxylic acids is 1. The number of halogens is 1. The maximum atomic E-state index is 11.5. The smallest absolute Gasteiger partial charge is 0.299 e. The number of amides is 1. The van der Waals surface area contributed by atoms with Gasteiger partial charge in [-0.1, -0.05) is 0 Å². The maximum Gasteiger partial charge on any atom is 0.299 e. The quantitative estimate of drug-likeness (QED) is 0.184. The molecule has 0 fully saturated rings. The molecule has 14 heteroatoms. The van der Waals surface area contributed by atoms with E-state index in [0.717, 1.165) is 12.3 Å². The normalized spacial score (nSPS) is 12.4. The van der Waals surface area contributed by atoms with Crippen molar-refractivity contribution in [3.05, 3.63) is 37.9 Å². The summed E-state index contributed by atoms with van der Waals surface area (Å²) in [5.41, 5.74) is 3.48. The second kappa shape index (κ2) is 8.73. The van der Waals surface area contributed by atoms with Gasteiger partial charge in [-0.05, 0) is 6.07 Å². The number of nitro benzene ring substituents is 2. The third-order valence-corrected chi connectivity index (χ3v) is 4.03. The number of hydrogen-bond acceptors (Lipinski definition) is 9. The number of carbonyl (C=O) groups is 1. The molecule has 1 amide bonds. The molecule has 3 N–H and O–H groups in total. The molecular formula is C12H15ClN4O8S. The van der Waals surface area contributed by atoms with E-state index in [-0.39, 0.29) is 30.3 Å². The van der Waals surface area contributed by atoms with Gasteiger partial charge in [0.05, 0.1) is 34.7 Å². The van der Waals surface area contributed by atoms with E-state index >= 15 is 0 Å². The molecule has 26 heavy (non-hydrogen) atoms. The minimum atomic E-state index is -3.70. The first kappa shape index (κ1) is 21.5. The molecule has 0 aliphatic carbocycles. The lowest BCUT2D eigenvalue weighted by Crippen LogP contribution is -2.24. The summed E-state index contributed by atoms with van der Waals surface area (Å²) < 4.78 is 26.3. The Morgan fingerprint density at radius 1 is 1.31 bits per heavy atom. The van der Waals surface area contributed by atoms with Gasteiger partial charge < -0.3 is 11.1 Å². The Kier molecular flexibility index (Phi) is 7.23. The molecular weight excluding hydrogens is 396 g/mol. The molecule has 0 saturated carbocycles. The van der Waals surface area contributed by atoms with Crippen molar-refractivity contribution in [1.29, 1.82) is 0 Å². The lowest BCUT2D eigenvalue weighted by molar-refractivity contribution is -0.394. The molecule has 144 valence electrons. The molecule has 0 aliphatic heterocycles. The summed E-state index contributed by atoms with van der Waals surface area (Å²) in [6.45, 7) is -0.496. The molecule has 0 bridgehead atoms. The lowest BCUT2D eigenvalue weighted by Gasteiger charge is -2.14. The second-order valence-electron chi connectivity index (χ2n) is 5.00. The van der Waals surface area contributed by atoms with Crippen LogP contribution < -0.4 is 11.1 Å². The molecule has 0 heterocycles. The van der Waals surface area contributed by atoms with Crippen molar-refractivity contribution in [2.24, 2.45) is 5.73 Å². The predicted molar refractivity (Wildman–Crippen MR) is 91.7 cm³/mol. The van der Waals surface area contributed by atoms with Gasteiger partial charge in [0, 0.05) is 18.0 Å². The van der Waals surface area contributed by atoms with Crippen LogP contribution in [0.2, 0.25) is 0 Å². The highest BCUT2D eigenvalue weighted by molar-refractivity contribution is 7.85. The number of rotatable bonds is 10. The Bertz CT molecular complexity index is 829. The number of benzene rings is 1. The van der Waals surface area contributed by atoms with Crippen LogP contribution in [0.15, 0.2) is 12.1 Å². The molecule has 12 nitrogen and oxygen atoms in total. The van der Waals surface area contributed by atoms with Crippen LogP contribution in [0.4, 0.5) is 17.1 Å². The van der Waals surface area contributed by atoms with E-state index in [4.69, 9.17) is 17.3 Å². The zero-order valence-electron chi connectivity index (χ0n) is 13.4. The van der Waals surface area contributed by atoms with E-state index in [2.05, 4.69) is 9.50 Å². The van der Waals surface area contributed by atoms with Crippen LogP contribution in [0.25, 0.3) is 0 Å². The molecule has 0 aromatic heterocycles. The van der Waals surface area contributed by atoms with Crippen molar-refractivity contribution in [3.8, 4) is 0 Å². The van der Waals surface area contributed by atoms with Gasteiger partial charge >= 0.3 is 0 Å². The molecule has 0 saturated heterocycles. The fourth-order valence-corrected chi connectivity index (χ4v) is 2.72. The third-order valence-electron chi connectivity index (χ3n) is 3.13. The number of nitrogens with two attached hydrogens (primary N) is 1. The molecule has 1 unspecified atom stereocenters. The monoisotopic (exact) mass is 410 g/mol. The van der Waals surface area contributed by atoms with E-state index in [1.807, 2.05) is 0 Å². The highest BCUT2D eigenvalue weighted by atomic mass is 35.5. The van der Waals surface area contributed by atoms with Crippen LogP contribution in [0.5, 0.6) is 0 Å². The van der Waals surface area contributed by atoms with E-state index in [1.165, 1.54) is 0 Å². The average molecular weight is 411 g/mol. The number of hydrogen-bond donors (Lipinski definition) is 2. The first-order valence-corrected chi connectivity index (χ1v) is 9.23. The van der Waals surface area contributed by atoms with Crippen molar-refractivity contribution >= 4 is 44.7 Å². The van der Waals surface area contributed by atoms with Crippen molar-refractivity contribution in [1.82, 2.24) is 0 Å². The van der Waals surface area contributed by atoms with Gasteiger partial charge in [0.25, 0.3) is 21.5 Å². The molecule has 0 spiro atoms. The number of nitrogens with zero attached hydrogens (tertiary/aromatic N) is 2. The summed E-state index contributed by atoms with van der Waals surface area (Å²) in [4.78, 5) is 32.1. The fourth-order valence-electron chi connectivity index (χ4n) is 2.01. The van der Waals surface area contributed by atoms with Crippen molar-refractivity contribution in [2.45, 2.75) is 5.92 Å². The molecule has 1 rings (SSSR count). The van der Waals surface area contributed by atoms with Crippen molar-refractivity contribution in [2.75, 3.05) is 30.6 Å². The highest BCUT2D eigenvalue weighted by Gasteiger charge is 2.31. The predicted octanol–water partition coefficient (Wildman–Crippen LogP) is 0.699. The van der Waals surface area contributed by atoms with E-state index < -0.39 is 43.2 Å². The zero-order chi connectivity index (χ0) is 20.1. The second-order valence-corrected chi connectivity index (χ2v) is 6.96. The number of primary amides is 1. The molecule has 1 aromatic rings. The maximum absolute atomic E-state index is 11.5. The Morgan fingerprint density at radius 3 is 2.31 bits per heavy atom. The van der Waals surface area contributed by atoms with Crippen molar-refractivity contribution < 1.29 is 27.2 Å². The van der Waals surface area contributed by atoms with Gasteiger partial charge in [0.2, 0.25) is 5.91 Å². The van der Waals surface area contributed by atoms with Crippen LogP contribution >= 0.6 is 11.6 Å².